The third-order valence-corrected chi connectivity index (χ3v) is 8.40. The van der Waals surface area contributed by atoms with Crippen molar-refractivity contribution in [1.82, 2.24) is 10.2 Å². The Balaban J connectivity index is 2.06. The molecule has 0 fully saturated rings. The molecule has 0 unspecified atom stereocenters. The summed E-state index contributed by atoms with van der Waals surface area (Å²) in [7, 11) is -4.10. The second kappa shape index (κ2) is 12.9. The summed E-state index contributed by atoms with van der Waals surface area (Å²) < 4.78 is 28.9. The summed E-state index contributed by atoms with van der Waals surface area (Å²) in [6.07, 6.45) is 0.344. The minimum atomic E-state index is -4.10. The third kappa shape index (κ3) is 8.08. The molecule has 1 atom stereocenters. The smallest absolute Gasteiger partial charge is 0.264 e. The van der Waals surface area contributed by atoms with Gasteiger partial charge < -0.3 is 10.2 Å². The fraction of sp³-hybridized carbons (Fsp3) is 0.355. The van der Waals surface area contributed by atoms with E-state index in [1.807, 2.05) is 41.5 Å². The number of rotatable bonds is 10. The first kappa shape index (κ1) is 31.2. The van der Waals surface area contributed by atoms with E-state index in [4.69, 9.17) is 11.6 Å². The van der Waals surface area contributed by atoms with Gasteiger partial charge in [0.25, 0.3) is 10.0 Å². The molecule has 0 saturated heterocycles. The molecule has 0 saturated carbocycles. The van der Waals surface area contributed by atoms with Gasteiger partial charge in [0.05, 0.1) is 10.6 Å². The Morgan fingerprint density at radius 1 is 0.875 bits per heavy atom. The molecule has 0 aliphatic rings. The summed E-state index contributed by atoms with van der Waals surface area (Å²) in [5.74, 6) is -0.803. The molecule has 3 aromatic carbocycles. The van der Waals surface area contributed by atoms with Crippen LogP contribution in [0.15, 0.2) is 77.7 Å². The maximum atomic E-state index is 14.1. The topological polar surface area (TPSA) is 86.8 Å². The number of hydrogen-bond acceptors (Lipinski definition) is 4. The van der Waals surface area contributed by atoms with E-state index < -0.39 is 34.1 Å². The van der Waals surface area contributed by atoms with E-state index in [1.165, 1.54) is 17.0 Å². The number of benzene rings is 3. The fourth-order valence-corrected chi connectivity index (χ4v) is 5.78. The minimum Gasteiger partial charge on any atom is -0.350 e. The van der Waals surface area contributed by atoms with Gasteiger partial charge in [0.2, 0.25) is 11.8 Å². The van der Waals surface area contributed by atoms with Crippen molar-refractivity contribution in [3.63, 3.8) is 0 Å². The molecule has 0 spiro atoms. The highest BCUT2D eigenvalue weighted by molar-refractivity contribution is 7.92. The summed E-state index contributed by atoms with van der Waals surface area (Å²) in [5, 5.41) is 3.52. The molecule has 7 nitrogen and oxygen atoms in total. The highest BCUT2D eigenvalue weighted by atomic mass is 35.5. The zero-order valence-corrected chi connectivity index (χ0v) is 25.5. The van der Waals surface area contributed by atoms with Gasteiger partial charge >= 0.3 is 0 Å². The SMILES string of the molecule is CC[C@H](C(=O)NC(C)(C)C)N(Cc1ccc(Cl)cc1)C(=O)CN(c1ccc(C)cc1)S(=O)(=O)c1ccc(C)cc1. The first-order chi connectivity index (χ1) is 18.7. The van der Waals surface area contributed by atoms with Gasteiger partial charge in [-0.15, -0.1) is 0 Å². The number of nitrogens with zero attached hydrogens (tertiary/aromatic N) is 2. The van der Waals surface area contributed by atoms with Crippen molar-refractivity contribution < 1.29 is 18.0 Å². The molecule has 9 heteroatoms. The first-order valence-corrected chi connectivity index (χ1v) is 15.0. The van der Waals surface area contributed by atoms with Crippen LogP contribution < -0.4 is 9.62 Å². The normalized spacial score (nSPS) is 12.5. The van der Waals surface area contributed by atoms with E-state index in [9.17, 15) is 18.0 Å². The van der Waals surface area contributed by atoms with Gasteiger partial charge in [-0.05, 0) is 83.0 Å². The number of anilines is 1. The van der Waals surface area contributed by atoms with Crippen LogP contribution in [0, 0.1) is 13.8 Å². The van der Waals surface area contributed by atoms with Gasteiger partial charge in [0.15, 0.2) is 0 Å². The van der Waals surface area contributed by atoms with Crippen molar-refractivity contribution in [3.05, 3.63) is 94.5 Å². The summed E-state index contributed by atoms with van der Waals surface area (Å²) in [5.41, 5.74) is 2.49. The van der Waals surface area contributed by atoms with Crippen molar-refractivity contribution in [2.75, 3.05) is 10.8 Å². The maximum absolute atomic E-state index is 14.1. The standard InChI is InChI=1S/C31H38ClN3O4S/c1-7-28(30(37)33-31(4,5)6)34(20-24-12-14-25(32)15-13-24)29(36)21-35(26-16-8-22(2)9-17-26)40(38,39)27-18-10-23(3)11-19-27/h8-19,28H,7,20-21H2,1-6H3,(H,33,37)/t28-/m1/s1. The zero-order chi connectivity index (χ0) is 29.7. The molecule has 0 aromatic heterocycles. The maximum Gasteiger partial charge on any atom is 0.264 e. The van der Waals surface area contributed by atoms with Gasteiger partial charge in [0.1, 0.15) is 12.6 Å². The lowest BCUT2D eigenvalue weighted by atomic mass is 10.1. The molecule has 214 valence electrons. The second-order valence-electron chi connectivity index (χ2n) is 11.0. The number of carbonyl (C=O) groups is 2. The Morgan fingerprint density at radius 2 is 1.40 bits per heavy atom. The fourth-order valence-electron chi connectivity index (χ4n) is 4.24. The van der Waals surface area contributed by atoms with Gasteiger partial charge in [-0.1, -0.05) is 66.0 Å². The summed E-state index contributed by atoms with van der Waals surface area (Å²) in [4.78, 5) is 29.0. The lowest BCUT2D eigenvalue weighted by Crippen LogP contribution is -2.55. The predicted octanol–water partition coefficient (Wildman–Crippen LogP) is 5.87. The number of sulfonamides is 1. The number of carbonyl (C=O) groups excluding carboxylic acids is 2. The average molecular weight is 584 g/mol. The summed E-state index contributed by atoms with van der Waals surface area (Å²) in [6.45, 7) is 10.9. The molecule has 40 heavy (non-hydrogen) atoms. The van der Waals surface area contributed by atoms with Crippen molar-refractivity contribution >= 4 is 39.1 Å². The molecule has 0 aliphatic carbocycles. The molecule has 0 aliphatic heterocycles. The summed E-state index contributed by atoms with van der Waals surface area (Å²) >= 11 is 6.07. The van der Waals surface area contributed by atoms with Gasteiger partial charge in [-0.2, -0.15) is 0 Å². The van der Waals surface area contributed by atoms with Gasteiger partial charge in [-0.25, -0.2) is 8.42 Å². The van der Waals surface area contributed by atoms with Crippen LogP contribution in [-0.4, -0.2) is 43.3 Å². The highest BCUT2D eigenvalue weighted by Crippen LogP contribution is 2.26. The van der Waals surface area contributed by atoms with Crippen LogP contribution in [0.1, 0.15) is 50.8 Å². The quantitative estimate of drug-likeness (QED) is 0.323. The summed E-state index contributed by atoms with van der Waals surface area (Å²) in [6, 6.07) is 19.7. The first-order valence-electron chi connectivity index (χ1n) is 13.2. The van der Waals surface area contributed by atoms with E-state index >= 15 is 0 Å². The van der Waals surface area contributed by atoms with Crippen molar-refractivity contribution in [2.45, 2.75) is 71.0 Å². The second-order valence-corrected chi connectivity index (χ2v) is 13.3. The van der Waals surface area contributed by atoms with Crippen molar-refractivity contribution in [2.24, 2.45) is 0 Å². The van der Waals surface area contributed by atoms with E-state index in [1.54, 1.807) is 60.7 Å². The molecule has 3 aromatic rings. The highest BCUT2D eigenvalue weighted by Gasteiger charge is 2.34. The lowest BCUT2D eigenvalue weighted by Gasteiger charge is -2.34. The molecule has 0 heterocycles. The lowest BCUT2D eigenvalue weighted by molar-refractivity contribution is -0.141. The number of amides is 2. The van der Waals surface area contributed by atoms with Gasteiger partial charge in [0, 0.05) is 17.1 Å². The minimum absolute atomic E-state index is 0.0771. The van der Waals surface area contributed by atoms with Gasteiger partial charge in [-0.3, -0.25) is 13.9 Å². The zero-order valence-electron chi connectivity index (χ0n) is 23.9. The number of nitrogens with one attached hydrogen (secondary N) is 1. The largest absolute Gasteiger partial charge is 0.350 e. The van der Waals surface area contributed by atoms with Crippen LogP contribution in [0.2, 0.25) is 5.02 Å². The van der Waals surface area contributed by atoms with E-state index in [0.717, 1.165) is 21.0 Å². The Morgan fingerprint density at radius 3 is 1.90 bits per heavy atom. The number of halogens is 1. The molecular formula is C31H38ClN3O4S. The van der Waals surface area contributed by atoms with E-state index in [-0.39, 0.29) is 17.3 Å². The third-order valence-electron chi connectivity index (χ3n) is 6.36. The molecule has 3 rings (SSSR count). The molecule has 2 amide bonds. The predicted molar refractivity (Wildman–Crippen MR) is 161 cm³/mol. The van der Waals surface area contributed by atoms with Crippen LogP contribution >= 0.6 is 11.6 Å². The van der Waals surface area contributed by atoms with Crippen LogP contribution in [0.3, 0.4) is 0 Å². The Bertz CT molecular complexity index is 1420. The van der Waals surface area contributed by atoms with Crippen molar-refractivity contribution in [3.8, 4) is 0 Å². The average Bonchev–Trinajstić information content (AvgIpc) is 2.88. The number of aryl methyl sites for hydroxylation is 2. The molecule has 0 bridgehead atoms. The Labute approximate surface area is 243 Å². The monoisotopic (exact) mass is 583 g/mol. The molecule has 1 N–H and O–H groups in total. The van der Waals surface area contributed by atoms with E-state index in [2.05, 4.69) is 5.32 Å². The Hall–Kier alpha value is -3.36. The molecule has 0 radical (unpaired) electrons. The van der Waals surface area contributed by atoms with E-state index in [0.29, 0.717) is 17.1 Å². The van der Waals surface area contributed by atoms with Crippen LogP contribution in [0.25, 0.3) is 0 Å². The Kier molecular flexibility index (Phi) is 10.0. The number of hydrogen-bond donors (Lipinski definition) is 1. The van der Waals surface area contributed by atoms with Crippen LogP contribution in [0.5, 0.6) is 0 Å². The van der Waals surface area contributed by atoms with Crippen molar-refractivity contribution in [1.29, 1.82) is 0 Å². The molecular weight excluding hydrogens is 546 g/mol. The van der Waals surface area contributed by atoms with Crippen LogP contribution in [-0.2, 0) is 26.2 Å². The van der Waals surface area contributed by atoms with Crippen LogP contribution in [0.4, 0.5) is 5.69 Å².